The van der Waals surface area contributed by atoms with E-state index in [1.165, 1.54) is 0 Å². The second-order valence-electron chi connectivity index (χ2n) is 2.91. The summed E-state index contributed by atoms with van der Waals surface area (Å²) < 4.78 is 0.664. The molecule has 0 aromatic carbocycles. The van der Waals surface area contributed by atoms with Crippen molar-refractivity contribution < 1.29 is 10.2 Å². The first kappa shape index (κ1) is 11.4. The fourth-order valence-electron chi connectivity index (χ4n) is 1.22. The standard InChI is InChI=1S/C7H11N3O5/c11-2-1-4(3-12)10-6(14)8-5(13)9-7(10)15/h4,11-12H,1-3H2,(H2,8,9,13,14,15). The zero-order valence-corrected chi connectivity index (χ0v) is 7.77. The van der Waals surface area contributed by atoms with Gasteiger partial charge in [-0.05, 0) is 6.42 Å². The van der Waals surface area contributed by atoms with Gasteiger partial charge in [-0.25, -0.2) is 19.0 Å². The molecule has 0 fully saturated rings. The summed E-state index contributed by atoms with van der Waals surface area (Å²) in [5.74, 6) is 0. The number of hydrogen-bond donors (Lipinski definition) is 4. The molecule has 15 heavy (non-hydrogen) atoms. The van der Waals surface area contributed by atoms with E-state index >= 15 is 0 Å². The van der Waals surface area contributed by atoms with Crippen LogP contribution in [0.2, 0.25) is 0 Å². The smallest absolute Gasteiger partial charge is 0.333 e. The van der Waals surface area contributed by atoms with Crippen molar-refractivity contribution in [2.24, 2.45) is 0 Å². The minimum Gasteiger partial charge on any atom is -0.396 e. The van der Waals surface area contributed by atoms with Gasteiger partial charge >= 0.3 is 17.1 Å². The summed E-state index contributed by atoms with van der Waals surface area (Å²) in [6.07, 6.45) is 0.0472. The van der Waals surface area contributed by atoms with Gasteiger partial charge in [0.15, 0.2) is 0 Å². The van der Waals surface area contributed by atoms with E-state index in [1.54, 1.807) is 0 Å². The summed E-state index contributed by atoms with van der Waals surface area (Å²) in [7, 11) is 0. The predicted molar refractivity (Wildman–Crippen MR) is 49.8 cm³/mol. The molecule has 1 aromatic rings. The summed E-state index contributed by atoms with van der Waals surface area (Å²) in [5.41, 5.74) is -2.71. The normalized spacial score (nSPS) is 12.7. The molecular formula is C7H11N3O5. The lowest BCUT2D eigenvalue weighted by Crippen LogP contribution is -2.46. The number of nitrogens with zero attached hydrogens (tertiary/aromatic N) is 1. The van der Waals surface area contributed by atoms with Crippen LogP contribution in [0.3, 0.4) is 0 Å². The molecule has 4 N–H and O–H groups in total. The van der Waals surface area contributed by atoms with Crippen molar-refractivity contribution in [1.29, 1.82) is 0 Å². The largest absolute Gasteiger partial charge is 0.396 e. The quantitative estimate of drug-likeness (QED) is 0.431. The lowest BCUT2D eigenvalue weighted by Gasteiger charge is -2.13. The number of aromatic nitrogens is 3. The Labute approximate surface area is 82.8 Å². The highest BCUT2D eigenvalue weighted by molar-refractivity contribution is 4.76. The number of hydrogen-bond acceptors (Lipinski definition) is 5. The molecule has 1 heterocycles. The molecule has 0 spiro atoms. The first-order chi connectivity index (χ1) is 7.10. The van der Waals surface area contributed by atoms with Gasteiger partial charge in [0.2, 0.25) is 0 Å². The molecule has 0 aliphatic heterocycles. The number of H-pyrrole nitrogens is 2. The lowest BCUT2D eigenvalue weighted by molar-refractivity contribution is 0.179. The van der Waals surface area contributed by atoms with Crippen LogP contribution in [-0.2, 0) is 0 Å². The Bertz CT molecular complexity index is 450. The van der Waals surface area contributed by atoms with Crippen LogP contribution in [0.5, 0.6) is 0 Å². The van der Waals surface area contributed by atoms with Gasteiger partial charge in [-0.15, -0.1) is 0 Å². The third-order valence-electron chi connectivity index (χ3n) is 1.92. The molecule has 8 heteroatoms. The molecule has 1 unspecified atom stereocenters. The second kappa shape index (κ2) is 4.71. The summed E-state index contributed by atoms with van der Waals surface area (Å²) >= 11 is 0. The van der Waals surface area contributed by atoms with Crippen molar-refractivity contribution in [3.63, 3.8) is 0 Å². The minimum atomic E-state index is -0.906. The molecule has 0 aliphatic carbocycles. The first-order valence-electron chi connectivity index (χ1n) is 4.27. The van der Waals surface area contributed by atoms with Gasteiger partial charge in [-0.2, -0.15) is 0 Å². The van der Waals surface area contributed by atoms with Crippen LogP contribution in [0.25, 0.3) is 0 Å². The molecule has 0 bridgehead atoms. The molecule has 8 nitrogen and oxygen atoms in total. The Morgan fingerprint density at radius 3 is 2.07 bits per heavy atom. The van der Waals surface area contributed by atoms with Gasteiger partial charge in [0, 0.05) is 6.61 Å². The fraction of sp³-hybridized carbons (Fsp3) is 0.571. The van der Waals surface area contributed by atoms with Gasteiger partial charge in [-0.3, -0.25) is 9.97 Å². The van der Waals surface area contributed by atoms with E-state index in [-0.39, 0.29) is 13.0 Å². The Morgan fingerprint density at radius 1 is 1.13 bits per heavy atom. The maximum absolute atomic E-state index is 11.2. The maximum Gasteiger partial charge on any atom is 0.333 e. The second-order valence-corrected chi connectivity index (χ2v) is 2.91. The monoisotopic (exact) mass is 217 g/mol. The molecule has 0 saturated heterocycles. The van der Waals surface area contributed by atoms with Crippen molar-refractivity contribution in [2.75, 3.05) is 13.2 Å². The van der Waals surface area contributed by atoms with Gasteiger partial charge in [0.1, 0.15) is 0 Å². The van der Waals surface area contributed by atoms with Gasteiger partial charge < -0.3 is 10.2 Å². The van der Waals surface area contributed by atoms with E-state index in [4.69, 9.17) is 10.2 Å². The Morgan fingerprint density at radius 2 is 1.67 bits per heavy atom. The van der Waals surface area contributed by atoms with Crippen LogP contribution in [0, 0.1) is 0 Å². The number of aromatic amines is 2. The number of nitrogens with one attached hydrogen (secondary N) is 2. The predicted octanol–water partition coefficient (Wildman–Crippen LogP) is -2.86. The molecule has 0 aliphatic rings. The average molecular weight is 217 g/mol. The van der Waals surface area contributed by atoms with Crippen LogP contribution in [0.1, 0.15) is 12.5 Å². The summed E-state index contributed by atoms with van der Waals surface area (Å²) in [6, 6.07) is -0.844. The van der Waals surface area contributed by atoms with Crippen LogP contribution >= 0.6 is 0 Å². The lowest BCUT2D eigenvalue weighted by atomic mass is 10.2. The third kappa shape index (κ3) is 2.42. The van der Waals surface area contributed by atoms with E-state index in [0.717, 1.165) is 0 Å². The van der Waals surface area contributed by atoms with E-state index < -0.39 is 29.7 Å². The van der Waals surface area contributed by atoms with Crippen LogP contribution in [-0.4, -0.2) is 38.0 Å². The van der Waals surface area contributed by atoms with Crippen molar-refractivity contribution in [2.45, 2.75) is 12.5 Å². The highest BCUT2D eigenvalue weighted by Gasteiger charge is 2.14. The van der Waals surface area contributed by atoms with Crippen LogP contribution < -0.4 is 17.1 Å². The van der Waals surface area contributed by atoms with Crippen molar-refractivity contribution in [3.05, 3.63) is 31.5 Å². The number of rotatable bonds is 4. The summed E-state index contributed by atoms with van der Waals surface area (Å²) in [6.45, 7) is -0.758. The van der Waals surface area contributed by atoms with E-state index in [1.807, 2.05) is 9.97 Å². The number of aliphatic hydroxyl groups is 2. The third-order valence-corrected chi connectivity index (χ3v) is 1.92. The molecule has 1 rings (SSSR count). The van der Waals surface area contributed by atoms with Crippen molar-refractivity contribution in [1.82, 2.24) is 14.5 Å². The summed E-state index contributed by atoms with van der Waals surface area (Å²) in [4.78, 5) is 36.9. The first-order valence-corrected chi connectivity index (χ1v) is 4.27. The Hall–Kier alpha value is -1.67. The van der Waals surface area contributed by atoms with Crippen molar-refractivity contribution >= 4 is 0 Å². The van der Waals surface area contributed by atoms with Crippen molar-refractivity contribution in [3.8, 4) is 0 Å². The van der Waals surface area contributed by atoms with E-state index in [2.05, 4.69) is 0 Å². The topological polar surface area (TPSA) is 128 Å². The SMILES string of the molecule is O=c1[nH]c(=O)n(C(CO)CCO)c(=O)[nH]1. The average Bonchev–Trinajstić information content (AvgIpc) is 2.14. The molecular weight excluding hydrogens is 206 g/mol. The Balaban J connectivity index is 3.30. The van der Waals surface area contributed by atoms with E-state index in [9.17, 15) is 14.4 Å². The molecule has 1 aromatic heterocycles. The van der Waals surface area contributed by atoms with Crippen LogP contribution in [0.4, 0.5) is 0 Å². The number of aliphatic hydroxyl groups excluding tert-OH is 2. The molecule has 0 amide bonds. The zero-order valence-electron chi connectivity index (χ0n) is 7.77. The van der Waals surface area contributed by atoms with Gasteiger partial charge in [0.25, 0.3) is 0 Å². The highest BCUT2D eigenvalue weighted by atomic mass is 16.3. The minimum absolute atomic E-state index is 0.0472. The molecule has 0 saturated carbocycles. The van der Waals surface area contributed by atoms with E-state index in [0.29, 0.717) is 4.57 Å². The molecule has 84 valence electrons. The molecule has 1 atom stereocenters. The zero-order chi connectivity index (χ0) is 11.4. The fourth-order valence-corrected chi connectivity index (χ4v) is 1.22. The Kier molecular flexibility index (Phi) is 3.58. The van der Waals surface area contributed by atoms with Gasteiger partial charge in [0.05, 0.1) is 12.6 Å². The molecule has 0 radical (unpaired) electrons. The highest BCUT2D eigenvalue weighted by Crippen LogP contribution is 2.02. The maximum atomic E-state index is 11.2. The summed E-state index contributed by atoms with van der Waals surface area (Å²) in [5, 5.41) is 17.6. The van der Waals surface area contributed by atoms with Crippen LogP contribution in [0.15, 0.2) is 14.4 Å². The van der Waals surface area contributed by atoms with Gasteiger partial charge in [-0.1, -0.05) is 0 Å².